The number of thiophene rings is 1. The average Bonchev–Trinajstić information content (AvgIpc) is 2.90. The van der Waals surface area contributed by atoms with Crippen molar-refractivity contribution in [1.29, 1.82) is 0 Å². The Labute approximate surface area is 116 Å². The fourth-order valence-corrected chi connectivity index (χ4v) is 2.33. The zero-order valence-corrected chi connectivity index (χ0v) is 12.0. The van der Waals surface area contributed by atoms with Crippen molar-refractivity contribution in [3.8, 4) is 0 Å². The molecule has 0 spiro atoms. The summed E-state index contributed by atoms with van der Waals surface area (Å²) in [6, 6.07) is 3.56. The molecule has 1 heterocycles. The lowest BCUT2D eigenvalue weighted by Gasteiger charge is -2.24. The lowest BCUT2D eigenvalue weighted by Crippen LogP contribution is -2.37. The minimum absolute atomic E-state index is 0.112. The van der Waals surface area contributed by atoms with E-state index in [1.807, 2.05) is 11.4 Å². The number of carbonyl (C=O) groups excluding carboxylic acids is 1. The van der Waals surface area contributed by atoms with Crippen molar-refractivity contribution in [2.24, 2.45) is 5.92 Å². The number of ether oxygens (including phenoxy) is 1. The van der Waals surface area contributed by atoms with Crippen LogP contribution in [0.15, 0.2) is 17.5 Å². The zero-order valence-electron chi connectivity index (χ0n) is 11.2. The van der Waals surface area contributed by atoms with Gasteiger partial charge in [-0.2, -0.15) is 0 Å². The number of rotatable bonds is 8. The van der Waals surface area contributed by atoms with Gasteiger partial charge in [0.25, 0.3) is 5.91 Å². The Bertz CT molecular complexity index is 405. The van der Waals surface area contributed by atoms with Crippen molar-refractivity contribution in [1.82, 2.24) is 4.90 Å². The van der Waals surface area contributed by atoms with Gasteiger partial charge < -0.3 is 14.7 Å². The second kappa shape index (κ2) is 7.91. The van der Waals surface area contributed by atoms with Crippen molar-refractivity contribution in [3.63, 3.8) is 0 Å². The van der Waals surface area contributed by atoms with Gasteiger partial charge in [0.2, 0.25) is 0 Å². The molecule has 0 aliphatic carbocycles. The molecule has 1 atom stereocenters. The molecule has 0 bridgehead atoms. The highest BCUT2D eigenvalue weighted by Gasteiger charge is 2.21. The number of hydrogen-bond donors (Lipinski definition) is 1. The highest BCUT2D eigenvalue weighted by molar-refractivity contribution is 7.12. The Morgan fingerprint density at radius 2 is 2.26 bits per heavy atom. The van der Waals surface area contributed by atoms with E-state index in [0.29, 0.717) is 24.4 Å². The fraction of sp³-hybridized carbons (Fsp3) is 0.538. The van der Waals surface area contributed by atoms with Crippen molar-refractivity contribution >= 4 is 23.2 Å². The Morgan fingerprint density at radius 3 is 2.79 bits per heavy atom. The number of carboxylic acids is 1. The van der Waals surface area contributed by atoms with E-state index in [1.54, 1.807) is 25.0 Å². The number of hydrogen-bond acceptors (Lipinski definition) is 4. The summed E-state index contributed by atoms with van der Waals surface area (Å²) in [5, 5.41) is 10.8. The molecule has 0 saturated carbocycles. The number of nitrogens with zero attached hydrogens (tertiary/aromatic N) is 1. The second-order valence-corrected chi connectivity index (χ2v) is 5.26. The molecule has 1 unspecified atom stereocenters. The lowest BCUT2D eigenvalue weighted by molar-refractivity contribution is -0.141. The molecule has 0 saturated heterocycles. The molecule has 1 rings (SSSR count). The first-order valence-corrected chi connectivity index (χ1v) is 6.98. The number of aliphatic carboxylic acids is 1. The van der Waals surface area contributed by atoms with E-state index < -0.39 is 11.9 Å². The molecule has 5 nitrogen and oxygen atoms in total. The molecule has 1 amide bonds. The van der Waals surface area contributed by atoms with Crippen LogP contribution in [0.5, 0.6) is 0 Å². The largest absolute Gasteiger partial charge is 0.481 e. The summed E-state index contributed by atoms with van der Waals surface area (Å²) < 4.78 is 4.96. The van der Waals surface area contributed by atoms with Gasteiger partial charge in [0.15, 0.2) is 0 Å². The van der Waals surface area contributed by atoms with Crippen LogP contribution in [0.1, 0.15) is 23.0 Å². The normalized spacial score (nSPS) is 12.1. The second-order valence-electron chi connectivity index (χ2n) is 4.31. The maximum absolute atomic E-state index is 12.3. The Kier molecular flexibility index (Phi) is 6.52. The van der Waals surface area contributed by atoms with Gasteiger partial charge >= 0.3 is 5.97 Å². The number of carboxylic acid groups (broad SMARTS) is 1. The van der Waals surface area contributed by atoms with Crippen LogP contribution in [0.4, 0.5) is 0 Å². The minimum Gasteiger partial charge on any atom is -0.481 e. The average molecular weight is 285 g/mol. The maximum Gasteiger partial charge on any atom is 0.308 e. The minimum atomic E-state index is -0.893. The van der Waals surface area contributed by atoms with Crippen LogP contribution in [-0.4, -0.2) is 48.7 Å². The first-order valence-electron chi connectivity index (χ1n) is 6.10. The molecular weight excluding hydrogens is 266 g/mol. The molecule has 0 aliphatic heterocycles. The van der Waals surface area contributed by atoms with Crippen LogP contribution < -0.4 is 0 Å². The highest BCUT2D eigenvalue weighted by Crippen LogP contribution is 2.14. The predicted octanol–water partition coefficient (Wildman–Crippen LogP) is 1.95. The van der Waals surface area contributed by atoms with Gasteiger partial charge in [0.1, 0.15) is 0 Å². The van der Waals surface area contributed by atoms with E-state index in [0.717, 1.165) is 0 Å². The van der Waals surface area contributed by atoms with Gasteiger partial charge in [0, 0.05) is 26.8 Å². The van der Waals surface area contributed by atoms with Crippen LogP contribution in [0.2, 0.25) is 0 Å². The molecule has 6 heteroatoms. The zero-order chi connectivity index (χ0) is 14.3. The standard InChI is InChI=1S/C13H19NO4S/c1-10(13(16)17)9-14(6-4-7-18-2)12(15)11-5-3-8-19-11/h3,5,8,10H,4,6-7,9H2,1-2H3,(H,16,17). The number of methoxy groups -OCH3 is 1. The third-order valence-corrected chi connectivity index (χ3v) is 3.57. The molecule has 1 aromatic rings. The van der Waals surface area contributed by atoms with E-state index in [-0.39, 0.29) is 12.5 Å². The molecule has 0 aliphatic rings. The van der Waals surface area contributed by atoms with Crippen LogP contribution in [0, 0.1) is 5.92 Å². The number of carbonyl (C=O) groups is 2. The van der Waals surface area contributed by atoms with E-state index in [1.165, 1.54) is 11.3 Å². The van der Waals surface area contributed by atoms with E-state index in [4.69, 9.17) is 9.84 Å². The van der Waals surface area contributed by atoms with Crippen LogP contribution in [0.3, 0.4) is 0 Å². The van der Waals surface area contributed by atoms with Crippen molar-refractivity contribution in [2.75, 3.05) is 26.8 Å². The summed E-state index contributed by atoms with van der Waals surface area (Å²) in [5.74, 6) is -1.58. The Morgan fingerprint density at radius 1 is 1.53 bits per heavy atom. The van der Waals surface area contributed by atoms with Crippen molar-refractivity contribution < 1.29 is 19.4 Å². The molecule has 0 aromatic carbocycles. The SMILES string of the molecule is COCCCN(CC(C)C(=O)O)C(=O)c1cccs1. The molecule has 1 aromatic heterocycles. The van der Waals surface area contributed by atoms with Gasteiger partial charge in [-0.05, 0) is 17.9 Å². The van der Waals surface area contributed by atoms with E-state index in [9.17, 15) is 9.59 Å². The smallest absolute Gasteiger partial charge is 0.308 e. The summed E-state index contributed by atoms with van der Waals surface area (Å²) >= 11 is 1.36. The van der Waals surface area contributed by atoms with Crippen molar-refractivity contribution in [2.45, 2.75) is 13.3 Å². The molecule has 19 heavy (non-hydrogen) atoms. The third-order valence-electron chi connectivity index (χ3n) is 2.71. The summed E-state index contributed by atoms with van der Waals surface area (Å²) in [6.45, 7) is 2.88. The molecule has 0 fully saturated rings. The fourth-order valence-electron chi connectivity index (χ4n) is 1.64. The van der Waals surface area contributed by atoms with E-state index >= 15 is 0 Å². The first-order chi connectivity index (χ1) is 9.06. The topological polar surface area (TPSA) is 66.8 Å². The predicted molar refractivity (Wildman–Crippen MR) is 73.5 cm³/mol. The van der Waals surface area contributed by atoms with E-state index in [2.05, 4.69) is 0 Å². The van der Waals surface area contributed by atoms with Gasteiger partial charge in [-0.15, -0.1) is 11.3 Å². The maximum atomic E-state index is 12.3. The van der Waals surface area contributed by atoms with Gasteiger partial charge in [0.05, 0.1) is 10.8 Å². The quantitative estimate of drug-likeness (QED) is 0.741. The summed E-state index contributed by atoms with van der Waals surface area (Å²) in [5.41, 5.74) is 0. The Balaban J connectivity index is 2.68. The monoisotopic (exact) mass is 285 g/mol. The first kappa shape index (κ1) is 15.7. The van der Waals surface area contributed by atoms with Gasteiger partial charge in [-0.25, -0.2) is 0 Å². The summed E-state index contributed by atoms with van der Waals surface area (Å²) in [6.07, 6.45) is 0.694. The van der Waals surface area contributed by atoms with Crippen LogP contribution >= 0.6 is 11.3 Å². The summed E-state index contributed by atoms with van der Waals surface area (Å²) in [7, 11) is 1.60. The molecule has 0 radical (unpaired) electrons. The number of amides is 1. The summed E-state index contributed by atoms with van der Waals surface area (Å²) in [4.78, 5) is 25.4. The molecule has 1 N–H and O–H groups in total. The Hall–Kier alpha value is -1.40. The lowest BCUT2D eigenvalue weighted by atomic mass is 10.1. The molecule has 106 valence electrons. The van der Waals surface area contributed by atoms with Crippen molar-refractivity contribution in [3.05, 3.63) is 22.4 Å². The van der Waals surface area contributed by atoms with Gasteiger partial charge in [-0.1, -0.05) is 13.0 Å². The third kappa shape index (κ3) is 5.00. The van der Waals surface area contributed by atoms with Gasteiger partial charge in [-0.3, -0.25) is 9.59 Å². The highest BCUT2D eigenvalue weighted by atomic mass is 32.1. The van der Waals surface area contributed by atoms with Crippen LogP contribution in [0.25, 0.3) is 0 Å². The molecular formula is C13H19NO4S. The van der Waals surface area contributed by atoms with Crippen LogP contribution in [-0.2, 0) is 9.53 Å².